The fourth-order valence-electron chi connectivity index (χ4n) is 1.07. The first-order valence-electron chi connectivity index (χ1n) is 4.76. The third-order valence-corrected chi connectivity index (χ3v) is 1.91. The number of nitrogen functional groups attached to an aromatic ring is 1. The Hall–Kier alpha value is -1.78. The first kappa shape index (κ1) is 11.3. The molecule has 5 heteroatoms. The van der Waals surface area contributed by atoms with E-state index in [1.807, 2.05) is 12.1 Å². The van der Waals surface area contributed by atoms with Crippen molar-refractivity contribution in [3.8, 4) is 0 Å². The van der Waals surface area contributed by atoms with Crippen molar-refractivity contribution in [1.82, 2.24) is 9.88 Å². The second-order valence-electron chi connectivity index (χ2n) is 3.41. The Morgan fingerprint density at radius 3 is 2.87 bits per heavy atom. The van der Waals surface area contributed by atoms with Crippen LogP contribution in [0, 0.1) is 0 Å². The average Bonchev–Trinajstić information content (AvgIpc) is 2.17. The highest BCUT2D eigenvalue weighted by atomic mass is 16.2. The van der Waals surface area contributed by atoms with Crippen LogP contribution < -0.4 is 11.1 Å². The van der Waals surface area contributed by atoms with E-state index in [1.165, 1.54) is 0 Å². The number of nitrogens with zero attached hydrogens (tertiary/aromatic N) is 2. The van der Waals surface area contributed by atoms with E-state index in [4.69, 9.17) is 5.73 Å². The predicted molar refractivity (Wildman–Crippen MR) is 60.5 cm³/mol. The first-order chi connectivity index (χ1) is 7.09. The average molecular weight is 208 g/mol. The molecule has 15 heavy (non-hydrogen) atoms. The Labute approximate surface area is 89.3 Å². The van der Waals surface area contributed by atoms with Gasteiger partial charge in [-0.2, -0.15) is 0 Å². The largest absolute Gasteiger partial charge is 0.384 e. The summed E-state index contributed by atoms with van der Waals surface area (Å²) in [4.78, 5) is 16.9. The van der Waals surface area contributed by atoms with Crippen LogP contribution in [-0.4, -0.2) is 36.4 Å². The van der Waals surface area contributed by atoms with Gasteiger partial charge in [-0.05, 0) is 12.1 Å². The Morgan fingerprint density at radius 1 is 1.53 bits per heavy atom. The normalized spacial score (nSPS) is 9.73. The van der Waals surface area contributed by atoms with Crippen LogP contribution in [0.5, 0.6) is 0 Å². The molecular formula is C10H16N4O. The third kappa shape index (κ3) is 3.84. The number of rotatable bonds is 4. The number of carbonyl (C=O) groups is 1. The van der Waals surface area contributed by atoms with Gasteiger partial charge in [0.05, 0.1) is 0 Å². The van der Waals surface area contributed by atoms with Gasteiger partial charge >= 0.3 is 0 Å². The Morgan fingerprint density at radius 2 is 2.27 bits per heavy atom. The summed E-state index contributed by atoms with van der Waals surface area (Å²) in [5, 5.41) is 3.03. The van der Waals surface area contributed by atoms with E-state index in [-0.39, 0.29) is 5.91 Å². The summed E-state index contributed by atoms with van der Waals surface area (Å²) < 4.78 is 0. The number of pyridine rings is 1. The smallest absolute Gasteiger partial charge is 0.223 e. The van der Waals surface area contributed by atoms with Crippen molar-refractivity contribution >= 4 is 17.5 Å². The summed E-state index contributed by atoms with van der Waals surface area (Å²) in [5.41, 5.74) is 5.51. The molecule has 0 aliphatic heterocycles. The van der Waals surface area contributed by atoms with Crippen molar-refractivity contribution in [2.45, 2.75) is 6.42 Å². The monoisotopic (exact) mass is 208 g/mol. The van der Waals surface area contributed by atoms with Crippen molar-refractivity contribution in [2.24, 2.45) is 0 Å². The molecule has 1 aromatic rings. The molecule has 1 heterocycles. The lowest BCUT2D eigenvalue weighted by atomic mass is 10.3. The quantitative estimate of drug-likeness (QED) is 0.758. The van der Waals surface area contributed by atoms with Crippen LogP contribution in [0.25, 0.3) is 0 Å². The molecule has 0 saturated heterocycles. The maximum atomic E-state index is 11.2. The molecule has 0 saturated carbocycles. The highest BCUT2D eigenvalue weighted by Gasteiger charge is 2.02. The van der Waals surface area contributed by atoms with Gasteiger partial charge in [-0.1, -0.05) is 6.07 Å². The van der Waals surface area contributed by atoms with E-state index in [0.29, 0.717) is 24.6 Å². The van der Waals surface area contributed by atoms with Crippen LogP contribution >= 0.6 is 0 Å². The fraction of sp³-hybridized carbons (Fsp3) is 0.400. The molecule has 0 spiro atoms. The second kappa shape index (κ2) is 5.19. The first-order valence-corrected chi connectivity index (χ1v) is 4.76. The predicted octanol–water partition coefficient (Wildman–Crippen LogP) is 0.554. The Bertz CT molecular complexity index is 338. The molecule has 0 radical (unpaired) electrons. The number of hydrogen-bond donors (Lipinski definition) is 2. The molecule has 1 amide bonds. The van der Waals surface area contributed by atoms with Gasteiger partial charge in [0.1, 0.15) is 11.6 Å². The molecule has 5 nitrogen and oxygen atoms in total. The summed E-state index contributed by atoms with van der Waals surface area (Å²) in [6.45, 7) is 0.563. The number of nitrogens with two attached hydrogens (primary N) is 1. The van der Waals surface area contributed by atoms with E-state index in [9.17, 15) is 4.79 Å². The molecule has 0 bridgehead atoms. The maximum Gasteiger partial charge on any atom is 0.223 e. The standard InChI is InChI=1S/C10H16N4O/c1-14(2)10(15)6-7-12-9-5-3-4-8(11)13-9/h3-5H,6-7H2,1-2H3,(H3,11,12,13). The van der Waals surface area contributed by atoms with Crippen LogP contribution in [0.2, 0.25) is 0 Å². The number of aromatic nitrogens is 1. The molecule has 1 rings (SSSR count). The van der Waals surface area contributed by atoms with E-state index in [0.717, 1.165) is 0 Å². The van der Waals surface area contributed by atoms with Crippen LogP contribution in [-0.2, 0) is 4.79 Å². The lowest BCUT2D eigenvalue weighted by molar-refractivity contribution is -0.128. The molecule has 82 valence electrons. The van der Waals surface area contributed by atoms with E-state index < -0.39 is 0 Å². The topological polar surface area (TPSA) is 71.2 Å². The third-order valence-electron chi connectivity index (χ3n) is 1.91. The lowest BCUT2D eigenvalue weighted by Crippen LogP contribution is -2.24. The van der Waals surface area contributed by atoms with Gasteiger partial charge in [0.15, 0.2) is 0 Å². The minimum Gasteiger partial charge on any atom is -0.384 e. The van der Waals surface area contributed by atoms with Gasteiger partial charge in [0, 0.05) is 27.1 Å². The molecule has 0 aromatic carbocycles. The maximum absolute atomic E-state index is 11.2. The number of nitrogens with one attached hydrogen (secondary N) is 1. The zero-order valence-corrected chi connectivity index (χ0v) is 9.03. The summed E-state index contributed by atoms with van der Waals surface area (Å²) >= 11 is 0. The SMILES string of the molecule is CN(C)C(=O)CCNc1cccc(N)n1. The van der Waals surface area contributed by atoms with Crippen LogP contribution in [0.15, 0.2) is 18.2 Å². The van der Waals surface area contributed by atoms with Gasteiger partial charge in [-0.25, -0.2) is 4.98 Å². The highest BCUT2D eigenvalue weighted by molar-refractivity contribution is 5.76. The van der Waals surface area contributed by atoms with Crippen molar-refractivity contribution in [1.29, 1.82) is 0 Å². The fourth-order valence-corrected chi connectivity index (χ4v) is 1.07. The Kier molecular flexibility index (Phi) is 3.91. The van der Waals surface area contributed by atoms with Crippen LogP contribution in [0.3, 0.4) is 0 Å². The highest BCUT2D eigenvalue weighted by Crippen LogP contribution is 2.05. The van der Waals surface area contributed by atoms with Gasteiger partial charge in [0.2, 0.25) is 5.91 Å². The van der Waals surface area contributed by atoms with Crippen LogP contribution in [0.4, 0.5) is 11.6 Å². The zero-order chi connectivity index (χ0) is 11.3. The van der Waals surface area contributed by atoms with Crippen molar-refractivity contribution in [3.63, 3.8) is 0 Å². The summed E-state index contributed by atoms with van der Waals surface area (Å²) in [7, 11) is 3.47. The molecule has 0 unspecified atom stereocenters. The minimum absolute atomic E-state index is 0.0893. The number of carbonyl (C=O) groups excluding carboxylic acids is 1. The van der Waals surface area contributed by atoms with Crippen molar-refractivity contribution in [2.75, 3.05) is 31.7 Å². The minimum atomic E-state index is 0.0893. The van der Waals surface area contributed by atoms with Gasteiger partial charge < -0.3 is 16.0 Å². The molecule has 1 aromatic heterocycles. The van der Waals surface area contributed by atoms with Crippen molar-refractivity contribution < 1.29 is 4.79 Å². The molecular weight excluding hydrogens is 192 g/mol. The van der Waals surface area contributed by atoms with Crippen molar-refractivity contribution in [3.05, 3.63) is 18.2 Å². The van der Waals surface area contributed by atoms with Crippen LogP contribution in [0.1, 0.15) is 6.42 Å². The molecule has 0 atom stereocenters. The number of amides is 1. The molecule has 0 aliphatic rings. The number of hydrogen-bond acceptors (Lipinski definition) is 4. The van der Waals surface area contributed by atoms with Gasteiger partial charge in [-0.3, -0.25) is 4.79 Å². The molecule has 3 N–H and O–H groups in total. The lowest BCUT2D eigenvalue weighted by Gasteiger charge is -2.10. The molecule has 0 aliphatic carbocycles. The molecule has 0 fully saturated rings. The number of anilines is 2. The van der Waals surface area contributed by atoms with Gasteiger partial charge in [0.25, 0.3) is 0 Å². The van der Waals surface area contributed by atoms with E-state index >= 15 is 0 Å². The zero-order valence-electron chi connectivity index (χ0n) is 9.03. The summed E-state index contributed by atoms with van der Waals surface area (Å²) in [6, 6.07) is 5.35. The van der Waals surface area contributed by atoms with E-state index in [2.05, 4.69) is 10.3 Å². The van der Waals surface area contributed by atoms with Gasteiger partial charge in [-0.15, -0.1) is 0 Å². The summed E-state index contributed by atoms with van der Waals surface area (Å²) in [5.74, 6) is 1.26. The second-order valence-corrected chi connectivity index (χ2v) is 3.41. The summed E-state index contributed by atoms with van der Waals surface area (Å²) in [6.07, 6.45) is 0.448. The van der Waals surface area contributed by atoms with E-state index in [1.54, 1.807) is 25.1 Å². The Balaban J connectivity index is 2.35.